The topological polar surface area (TPSA) is 26.3 Å². The molecule has 0 aromatic carbocycles. The molecule has 4 unspecified atom stereocenters. The second kappa shape index (κ2) is 6.51. The average molecular weight is 393 g/mol. The van der Waals surface area contributed by atoms with Gasteiger partial charge in [0, 0.05) is 19.3 Å². The third kappa shape index (κ3) is 3.01. The zero-order valence-electron chi connectivity index (χ0n) is 12.8. The Labute approximate surface area is 140 Å². The van der Waals surface area contributed by atoms with Gasteiger partial charge in [-0.15, -0.1) is 0 Å². The second-order valence-electron chi connectivity index (χ2n) is 7.21. The first-order valence-electron chi connectivity index (χ1n) is 8.11. The van der Waals surface area contributed by atoms with Gasteiger partial charge in [-0.2, -0.15) is 0 Å². The van der Waals surface area contributed by atoms with Crippen molar-refractivity contribution in [3.8, 4) is 0 Å². The van der Waals surface area contributed by atoms with Gasteiger partial charge in [-0.05, 0) is 44.4 Å². The molecule has 4 heteroatoms. The highest BCUT2D eigenvalue weighted by Crippen LogP contribution is 2.47. The van der Waals surface area contributed by atoms with Crippen molar-refractivity contribution in [2.45, 2.75) is 64.0 Å². The predicted molar refractivity (Wildman–Crippen MR) is 74.6 cm³/mol. The summed E-state index contributed by atoms with van der Waals surface area (Å²) in [6.07, 6.45) is 9.56. The third-order valence-corrected chi connectivity index (χ3v) is 6.03. The fourth-order valence-electron chi connectivity index (χ4n) is 5.12. The van der Waals surface area contributed by atoms with E-state index in [1.807, 2.05) is 0 Å². The van der Waals surface area contributed by atoms with E-state index in [-0.39, 0.29) is 36.0 Å². The van der Waals surface area contributed by atoms with E-state index >= 15 is 0 Å². The lowest BCUT2D eigenvalue weighted by Crippen LogP contribution is -3.00. The number of halogens is 1. The smallest absolute Gasteiger partial charge is 0.302 e. The van der Waals surface area contributed by atoms with Crippen molar-refractivity contribution in [2.24, 2.45) is 11.8 Å². The molecule has 20 heavy (non-hydrogen) atoms. The number of likely N-dealkylation sites (tertiary alicyclic amines) is 1. The van der Waals surface area contributed by atoms with Gasteiger partial charge in [0.1, 0.15) is 6.10 Å². The zero-order valence-corrected chi connectivity index (χ0v) is 15.0. The van der Waals surface area contributed by atoms with Gasteiger partial charge in [0.05, 0.1) is 26.2 Å². The molecule has 3 aliphatic rings. The molecule has 2 bridgehead atoms. The van der Waals surface area contributed by atoms with Crippen LogP contribution in [-0.4, -0.2) is 42.7 Å². The minimum absolute atomic E-state index is 0. The summed E-state index contributed by atoms with van der Waals surface area (Å²) in [5, 5.41) is 0. The van der Waals surface area contributed by atoms with Crippen LogP contribution in [0.25, 0.3) is 0 Å². The highest BCUT2D eigenvalue weighted by Gasteiger charge is 2.52. The lowest BCUT2D eigenvalue weighted by Gasteiger charge is -2.49. The van der Waals surface area contributed by atoms with Crippen molar-refractivity contribution in [1.82, 2.24) is 0 Å². The first-order chi connectivity index (χ1) is 9.10. The molecule has 0 N–H and O–H groups in total. The van der Waals surface area contributed by atoms with E-state index in [4.69, 9.17) is 4.74 Å². The molecule has 0 radical (unpaired) electrons. The molecule has 3 fully saturated rings. The Balaban J connectivity index is 0.00000147. The number of hydrogen-bond donors (Lipinski definition) is 0. The Kier molecular flexibility index (Phi) is 5.38. The first-order valence-corrected chi connectivity index (χ1v) is 8.11. The van der Waals surface area contributed by atoms with Crippen LogP contribution in [0.5, 0.6) is 0 Å². The number of quaternary nitrogens is 1. The Morgan fingerprint density at radius 3 is 2.35 bits per heavy atom. The largest absolute Gasteiger partial charge is 1.00 e. The molecule has 1 heterocycles. The highest BCUT2D eigenvalue weighted by atomic mass is 127. The highest BCUT2D eigenvalue weighted by molar-refractivity contribution is 5.66. The van der Waals surface area contributed by atoms with Crippen molar-refractivity contribution in [1.29, 1.82) is 0 Å². The summed E-state index contributed by atoms with van der Waals surface area (Å²) in [4.78, 5) is 11.4. The van der Waals surface area contributed by atoms with Crippen molar-refractivity contribution in [3.63, 3.8) is 0 Å². The van der Waals surface area contributed by atoms with Gasteiger partial charge < -0.3 is 33.2 Å². The van der Waals surface area contributed by atoms with Gasteiger partial charge in [0.25, 0.3) is 0 Å². The van der Waals surface area contributed by atoms with Crippen molar-refractivity contribution < 1.29 is 38.0 Å². The number of fused-ring (bicyclic) bond motifs is 2. The zero-order chi connectivity index (χ0) is 13.5. The molecule has 3 rings (SSSR count). The minimum Gasteiger partial charge on any atom is -1.00 e. The molecule has 0 aromatic rings. The summed E-state index contributed by atoms with van der Waals surface area (Å²) >= 11 is 0. The molecule has 4 atom stereocenters. The number of rotatable bonds is 2. The van der Waals surface area contributed by atoms with Crippen LogP contribution in [0.1, 0.15) is 51.9 Å². The van der Waals surface area contributed by atoms with Gasteiger partial charge in [-0.25, -0.2) is 0 Å². The fraction of sp³-hybridized carbons (Fsp3) is 0.938. The summed E-state index contributed by atoms with van der Waals surface area (Å²) in [6, 6.07) is 0.739. The fourth-order valence-corrected chi connectivity index (χ4v) is 5.12. The van der Waals surface area contributed by atoms with Crippen LogP contribution < -0.4 is 24.0 Å². The maximum atomic E-state index is 11.4. The standard InChI is InChI=1S/C16H28NO2.HI/c1-12(18)19-16-13-6-8-14(16)15(9-7-13)17(2)10-4-3-5-11-17;/h13-16H,3-11H2,1-2H3;1H/q+1;/p-1. The normalized spacial score (nSPS) is 38.9. The number of hydrogen-bond acceptors (Lipinski definition) is 2. The maximum Gasteiger partial charge on any atom is 0.302 e. The van der Waals surface area contributed by atoms with Crippen LogP contribution in [-0.2, 0) is 9.53 Å². The quantitative estimate of drug-likeness (QED) is 0.367. The maximum absolute atomic E-state index is 11.4. The summed E-state index contributed by atoms with van der Waals surface area (Å²) in [6.45, 7) is 4.23. The summed E-state index contributed by atoms with van der Waals surface area (Å²) < 4.78 is 6.94. The molecule has 3 nitrogen and oxygen atoms in total. The molecule has 0 aromatic heterocycles. The van der Waals surface area contributed by atoms with Gasteiger partial charge >= 0.3 is 5.97 Å². The van der Waals surface area contributed by atoms with Crippen molar-refractivity contribution >= 4 is 5.97 Å². The Hall–Kier alpha value is 0.160. The molecule has 0 amide bonds. The van der Waals surface area contributed by atoms with Crippen LogP contribution in [0.2, 0.25) is 0 Å². The van der Waals surface area contributed by atoms with Crippen LogP contribution in [0.4, 0.5) is 0 Å². The third-order valence-electron chi connectivity index (χ3n) is 6.03. The monoisotopic (exact) mass is 393 g/mol. The average Bonchev–Trinajstić information content (AvgIpc) is 2.62. The minimum atomic E-state index is -0.0798. The van der Waals surface area contributed by atoms with E-state index in [2.05, 4.69) is 7.05 Å². The van der Waals surface area contributed by atoms with E-state index in [0.29, 0.717) is 11.8 Å². The molecule has 2 aliphatic carbocycles. The van der Waals surface area contributed by atoms with Crippen molar-refractivity contribution in [2.75, 3.05) is 20.1 Å². The first kappa shape index (κ1) is 16.5. The van der Waals surface area contributed by atoms with E-state index < -0.39 is 0 Å². The lowest BCUT2D eigenvalue weighted by atomic mass is 9.79. The number of carbonyl (C=O) groups excluding carboxylic acids is 1. The number of esters is 1. The van der Waals surface area contributed by atoms with Crippen LogP contribution in [0.15, 0.2) is 0 Å². The molecule has 1 aliphatic heterocycles. The van der Waals surface area contributed by atoms with Crippen molar-refractivity contribution in [3.05, 3.63) is 0 Å². The van der Waals surface area contributed by atoms with E-state index in [1.54, 1.807) is 6.92 Å². The van der Waals surface area contributed by atoms with E-state index in [0.717, 1.165) is 6.04 Å². The summed E-state index contributed by atoms with van der Waals surface area (Å²) in [7, 11) is 2.45. The molecular weight excluding hydrogens is 365 g/mol. The molecule has 0 spiro atoms. The lowest BCUT2D eigenvalue weighted by molar-refractivity contribution is -0.942. The summed E-state index contributed by atoms with van der Waals surface area (Å²) in [5.41, 5.74) is 0. The van der Waals surface area contributed by atoms with Crippen LogP contribution >= 0.6 is 0 Å². The molecule has 116 valence electrons. The SMILES string of the molecule is CC(=O)OC1C2CCC1C([N+]1(C)CCCCC1)CC2.[I-]. The number of carbonyl (C=O) groups is 1. The Morgan fingerprint density at radius 2 is 1.70 bits per heavy atom. The predicted octanol–water partition coefficient (Wildman–Crippen LogP) is -0.259. The Morgan fingerprint density at radius 1 is 1.05 bits per heavy atom. The van der Waals surface area contributed by atoms with Gasteiger partial charge in [-0.1, -0.05) is 0 Å². The number of piperidine rings is 1. The Bertz CT molecular complexity index is 354. The van der Waals surface area contributed by atoms with Gasteiger partial charge in [0.15, 0.2) is 0 Å². The van der Waals surface area contributed by atoms with E-state index in [1.165, 1.54) is 62.5 Å². The molecule has 1 saturated heterocycles. The summed E-state index contributed by atoms with van der Waals surface area (Å²) in [5.74, 6) is 1.20. The van der Waals surface area contributed by atoms with Gasteiger partial charge in [0.2, 0.25) is 0 Å². The number of nitrogens with zero attached hydrogens (tertiary/aromatic N) is 1. The molecule has 2 saturated carbocycles. The number of ether oxygens (including phenoxy) is 1. The van der Waals surface area contributed by atoms with E-state index in [9.17, 15) is 4.79 Å². The molecular formula is C16H28INO2. The van der Waals surface area contributed by atoms with Crippen LogP contribution in [0, 0.1) is 11.8 Å². The van der Waals surface area contributed by atoms with Gasteiger partial charge in [-0.3, -0.25) is 4.79 Å². The second-order valence-corrected chi connectivity index (χ2v) is 7.21. The van der Waals surface area contributed by atoms with Crippen LogP contribution in [0.3, 0.4) is 0 Å².